The zero-order chi connectivity index (χ0) is 16.8. The fourth-order valence-corrected chi connectivity index (χ4v) is 2.41. The predicted molar refractivity (Wildman–Crippen MR) is 113 cm³/mol. The van der Waals surface area contributed by atoms with Crippen LogP contribution >= 0.6 is 24.0 Å². The Labute approximate surface area is 161 Å². The number of ether oxygens (including phenoxy) is 1. The number of hydrogen-bond acceptors (Lipinski definition) is 2. The Bertz CT molecular complexity index is 714. The van der Waals surface area contributed by atoms with Gasteiger partial charge in [0.25, 0.3) is 0 Å². The van der Waals surface area contributed by atoms with Gasteiger partial charge in [0.05, 0.1) is 7.11 Å². The molecule has 0 radical (unpaired) electrons. The number of aryl methyl sites for hydroxylation is 3. The number of nitrogens with two attached hydrogens (primary N) is 1. The number of halogens is 1. The lowest BCUT2D eigenvalue weighted by atomic mass is 10.1. The molecule has 0 aliphatic carbocycles. The number of rotatable bonds is 5. The van der Waals surface area contributed by atoms with E-state index in [4.69, 9.17) is 10.5 Å². The summed E-state index contributed by atoms with van der Waals surface area (Å²) in [7, 11) is 1.69. The van der Waals surface area contributed by atoms with Crippen molar-refractivity contribution >= 4 is 35.6 Å². The Hall–Kier alpha value is -1.76. The number of anilines is 1. The fraction of sp³-hybridized carbons (Fsp3) is 0.316. The smallest absolute Gasteiger partial charge is 0.193 e. The highest BCUT2D eigenvalue weighted by Gasteiger charge is 2.03. The maximum atomic E-state index is 5.97. The van der Waals surface area contributed by atoms with Crippen LogP contribution in [0.3, 0.4) is 0 Å². The third-order valence-corrected chi connectivity index (χ3v) is 3.88. The van der Waals surface area contributed by atoms with Crippen molar-refractivity contribution in [1.82, 2.24) is 0 Å². The van der Waals surface area contributed by atoms with E-state index in [9.17, 15) is 0 Å². The molecular weight excluding hydrogens is 413 g/mol. The second-order valence-corrected chi connectivity index (χ2v) is 5.76. The number of methoxy groups -OCH3 is 1. The van der Waals surface area contributed by atoms with Crippen LogP contribution in [0.1, 0.15) is 22.3 Å². The van der Waals surface area contributed by atoms with Crippen LogP contribution in [0.15, 0.2) is 41.4 Å². The van der Waals surface area contributed by atoms with Crippen LogP contribution in [0.4, 0.5) is 5.69 Å². The summed E-state index contributed by atoms with van der Waals surface area (Å²) in [5, 5.41) is 3.13. The van der Waals surface area contributed by atoms with E-state index < -0.39 is 0 Å². The number of benzene rings is 2. The van der Waals surface area contributed by atoms with Crippen molar-refractivity contribution in [2.45, 2.75) is 27.2 Å². The van der Waals surface area contributed by atoms with Gasteiger partial charge in [-0.05, 0) is 62.1 Å². The molecular formula is C19H26IN3O. The quantitative estimate of drug-likeness (QED) is 0.417. The summed E-state index contributed by atoms with van der Waals surface area (Å²) in [6.45, 7) is 6.86. The van der Waals surface area contributed by atoms with Gasteiger partial charge in [-0.2, -0.15) is 0 Å². The van der Waals surface area contributed by atoms with Crippen molar-refractivity contribution in [3.05, 3.63) is 58.7 Å². The van der Waals surface area contributed by atoms with Gasteiger partial charge in [0.15, 0.2) is 5.96 Å². The molecule has 24 heavy (non-hydrogen) atoms. The van der Waals surface area contributed by atoms with Gasteiger partial charge in [0, 0.05) is 12.2 Å². The van der Waals surface area contributed by atoms with E-state index in [0.29, 0.717) is 12.5 Å². The molecule has 0 fully saturated rings. The number of nitrogens with zero attached hydrogens (tertiary/aromatic N) is 1. The SMILES string of the molecule is COc1ccc(C)cc1CCN=C(N)Nc1ccc(C)c(C)c1.I. The first-order chi connectivity index (χ1) is 11.0. The van der Waals surface area contributed by atoms with Gasteiger partial charge < -0.3 is 15.8 Å². The molecule has 0 aliphatic rings. The van der Waals surface area contributed by atoms with Crippen LogP contribution < -0.4 is 15.8 Å². The monoisotopic (exact) mass is 439 g/mol. The summed E-state index contributed by atoms with van der Waals surface area (Å²) in [5.41, 5.74) is 11.8. The number of hydrogen-bond donors (Lipinski definition) is 2. The number of aliphatic imine (C=N–C) groups is 1. The Balaban J connectivity index is 0.00000288. The molecule has 0 saturated carbocycles. The molecule has 2 aromatic rings. The topological polar surface area (TPSA) is 59.6 Å². The first-order valence-electron chi connectivity index (χ1n) is 7.77. The Morgan fingerprint density at radius 1 is 1.08 bits per heavy atom. The minimum absolute atomic E-state index is 0. The van der Waals surface area contributed by atoms with Gasteiger partial charge in [-0.25, -0.2) is 0 Å². The summed E-state index contributed by atoms with van der Waals surface area (Å²) < 4.78 is 5.38. The highest BCUT2D eigenvalue weighted by molar-refractivity contribution is 14.0. The van der Waals surface area contributed by atoms with Gasteiger partial charge in [-0.15, -0.1) is 24.0 Å². The summed E-state index contributed by atoms with van der Waals surface area (Å²) in [5.74, 6) is 1.33. The maximum absolute atomic E-state index is 5.97. The van der Waals surface area contributed by atoms with E-state index in [0.717, 1.165) is 23.4 Å². The van der Waals surface area contributed by atoms with Gasteiger partial charge in [-0.1, -0.05) is 23.8 Å². The standard InChI is InChI=1S/C19H25N3O.HI/c1-13-5-8-18(23-4)16(11-13)9-10-21-19(20)22-17-7-6-14(2)15(3)12-17;/h5-8,11-12H,9-10H2,1-4H3,(H3,20,21,22);1H. The van der Waals surface area contributed by atoms with Crippen LogP contribution in [0.25, 0.3) is 0 Å². The first-order valence-corrected chi connectivity index (χ1v) is 7.77. The van der Waals surface area contributed by atoms with Gasteiger partial charge in [0.1, 0.15) is 5.75 Å². The molecule has 2 aromatic carbocycles. The molecule has 0 spiro atoms. The molecule has 0 heterocycles. The normalized spacial score (nSPS) is 10.9. The first kappa shape index (κ1) is 20.3. The lowest BCUT2D eigenvalue weighted by molar-refractivity contribution is 0.409. The molecule has 0 saturated heterocycles. The molecule has 0 unspecified atom stereocenters. The molecule has 130 valence electrons. The lowest BCUT2D eigenvalue weighted by Crippen LogP contribution is -2.23. The molecule has 3 N–H and O–H groups in total. The van der Waals surface area contributed by atoms with Crippen molar-refractivity contribution in [2.24, 2.45) is 10.7 Å². The molecule has 0 aliphatic heterocycles. The van der Waals surface area contributed by atoms with Crippen LogP contribution in [-0.4, -0.2) is 19.6 Å². The predicted octanol–water partition coefficient (Wildman–Crippen LogP) is 4.21. The lowest BCUT2D eigenvalue weighted by Gasteiger charge is -2.10. The van der Waals surface area contributed by atoms with Gasteiger partial charge >= 0.3 is 0 Å². The third-order valence-electron chi connectivity index (χ3n) is 3.88. The van der Waals surface area contributed by atoms with Crippen molar-refractivity contribution < 1.29 is 4.74 Å². The van der Waals surface area contributed by atoms with Crippen molar-refractivity contribution in [3.8, 4) is 5.75 Å². The van der Waals surface area contributed by atoms with Crippen LogP contribution in [-0.2, 0) is 6.42 Å². The van der Waals surface area contributed by atoms with Crippen molar-refractivity contribution in [3.63, 3.8) is 0 Å². The number of guanidine groups is 1. The van der Waals surface area contributed by atoms with E-state index in [2.05, 4.69) is 49.3 Å². The maximum Gasteiger partial charge on any atom is 0.193 e. The zero-order valence-corrected chi connectivity index (χ0v) is 17.0. The van der Waals surface area contributed by atoms with E-state index in [1.807, 2.05) is 18.2 Å². The van der Waals surface area contributed by atoms with E-state index in [1.54, 1.807) is 7.11 Å². The second kappa shape index (κ2) is 9.52. The van der Waals surface area contributed by atoms with Gasteiger partial charge in [-0.3, -0.25) is 4.99 Å². The van der Waals surface area contributed by atoms with Crippen molar-refractivity contribution in [1.29, 1.82) is 0 Å². The molecule has 0 amide bonds. The van der Waals surface area contributed by atoms with Crippen LogP contribution in [0, 0.1) is 20.8 Å². The zero-order valence-electron chi connectivity index (χ0n) is 14.7. The highest BCUT2D eigenvalue weighted by Crippen LogP contribution is 2.20. The molecule has 2 rings (SSSR count). The fourth-order valence-electron chi connectivity index (χ4n) is 2.41. The Morgan fingerprint density at radius 2 is 1.83 bits per heavy atom. The number of nitrogens with one attached hydrogen (secondary N) is 1. The molecule has 0 bridgehead atoms. The second-order valence-electron chi connectivity index (χ2n) is 5.76. The minimum atomic E-state index is 0. The largest absolute Gasteiger partial charge is 0.496 e. The van der Waals surface area contributed by atoms with Crippen molar-refractivity contribution in [2.75, 3.05) is 19.0 Å². The summed E-state index contributed by atoms with van der Waals surface area (Å²) in [6.07, 6.45) is 0.792. The van der Waals surface area contributed by atoms with E-state index in [-0.39, 0.29) is 24.0 Å². The summed E-state index contributed by atoms with van der Waals surface area (Å²) in [4.78, 5) is 4.40. The van der Waals surface area contributed by atoms with E-state index >= 15 is 0 Å². The molecule has 4 nitrogen and oxygen atoms in total. The Kier molecular flexibility index (Phi) is 8.04. The average Bonchev–Trinajstić information content (AvgIpc) is 2.51. The Morgan fingerprint density at radius 3 is 2.50 bits per heavy atom. The summed E-state index contributed by atoms with van der Waals surface area (Å²) >= 11 is 0. The average molecular weight is 439 g/mol. The molecule has 5 heteroatoms. The summed E-state index contributed by atoms with van der Waals surface area (Å²) in [6, 6.07) is 12.3. The minimum Gasteiger partial charge on any atom is -0.496 e. The molecule has 0 atom stereocenters. The van der Waals surface area contributed by atoms with Crippen LogP contribution in [0.5, 0.6) is 5.75 Å². The van der Waals surface area contributed by atoms with E-state index in [1.165, 1.54) is 16.7 Å². The van der Waals surface area contributed by atoms with Gasteiger partial charge in [0.2, 0.25) is 0 Å². The third kappa shape index (κ3) is 5.70. The molecule has 0 aromatic heterocycles. The highest BCUT2D eigenvalue weighted by atomic mass is 127. The van der Waals surface area contributed by atoms with Crippen LogP contribution in [0.2, 0.25) is 0 Å².